The van der Waals surface area contributed by atoms with Crippen LogP contribution < -0.4 is 9.47 Å². The Morgan fingerprint density at radius 3 is 2.20 bits per heavy atom. The molecule has 1 aromatic rings. The predicted octanol–water partition coefficient (Wildman–Crippen LogP) is 1.82. The summed E-state index contributed by atoms with van der Waals surface area (Å²) in [6.45, 7) is 0.806. The molecule has 0 aromatic heterocycles. The van der Waals surface area contributed by atoms with Crippen molar-refractivity contribution in [2.75, 3.05) is 34.5 Å². The molecule has 6 heteroatoms. The third-order valence-corrected chi connectivity index (χ3v) is 4.85. The van der Waals surface area contributed by atoms with Crippen LogP contribution in [0.4, 0.5) is 0 Å². The van der Waals surface area contributed by atoms with Crippen molar-refractivity contribution in [3.63, 3.8) is 0 Å². The molecule has 2 rings (SSSR count). The first kappa shape index (κ1) is 20.0. The Balaban J connectivity index is 1.83. The number of benzene rings is 1. The molecule has 142 valence electrons. The number of ether oxygens (including phenoxy) is 3. The first-order valence-electron chi connectivity index (χ1n) is 8.88. The van der Waals surface area contributed by atoms with E-state index >= 15 is 0 Å². The second-order valence-electron chi connectivity index (χ2n) is 6.74. The van der Waals surface area contributed by atoms with E-state index in [0.29, 0.717) is 6.04 Å². The second-order valence-corrected chi connectivity index (χ2v) is 6.74. The normalized spacial score (nSPS) is 22.0. The minimum Gasteiger partial charge on any atom is -0.497 e. The van der Waals surface area contributed by atoms with Crippen LogP contribution in [0.25, 0.3) is 0 Å². The monoisotopic (exact) mass is 353 g/mol. The number of hydrogen-bond donors (Lipinski definition) is 2. The van der Waals surface area contributed by atoms with Gasteiger partial charge in [0.2, 0.25) is 0 Å². The lowest BCUT2D eigenvalue weighted by atomic mass is 9.91. The zero-order valence-corrected chi connectivity index (χ0v) is 15.5. The molecule has 0 heterocycles. The van der Waals surface area contributed by atoms with Gasteiger partial charge in [0, 0.05) is 18.7 Å². The molecule has 1 aliphatic carbocycles. The molecule has 25 heavy (non-hydrogen) atoms. The maximum absolute atomic E-state index is 9.37. The molecule has 6 nitrogen and oxygen atoms in total. The van der Waals surface area contributed by atoms with E-state index in [4.69, 9.17) is 19.3 Å². The topological polar surface area (TPSA) is 71.4 Å². The first-order valence-corrected chi connectivity index (χ1v) is 8.88. The Bertz CT molecular complexity index is 494. The Kier molecular flexibility index (Phi) is 7.96. The van der Waals surface area contributed by atoms with Crippen molar-refractivity contribution in [3.8, 4) is 11.5 Å². The van der Waals surface area contributed by atoms with Gasteiger partial charge in [-0.15, -0.1) is 0 Å². The molecule has 0 saturated heterocycles. The maximum Gasteiger partial charge on any atom is 0.122 e. The van der Waals surface area contributed by atoms with Crippen molar-refractivity contribution in [1.29, 1.82) is 0 Å². The van der Waals surface area contributed by atoms with Crippen LogP contribution in [0, 0.1) is 0 Å². The van der Waals surface area contributed by atoms with E-state index in [-0.39, 0.29) is 19.3 Å². The molecule has 0 aliphatic heterocycles. The van der Waals surface area contributed by atoms with Crippen LogP contribution in [-0.4, -0.2) is 67.8 Å². The molecule has 0 bridgehead atoms. The summed E-state index contributed by atoms with van der Waals surface area (Å²) >= 11 is 0. The Morgan fingerprint density at radius 1 is 1.08 bits per heavy atom. The number of rotatable bonds is 9. The zero-order chi connectivity index (χ0) is 18.2. The van der Waals surface area contributed by atoms with Gasteiger partial charge in [0.05, 0.1) is 33.5 Å². The first-order chi connectivity index (χ1) is 12.0. The number of aliphatic hydroxyl groups is 2. The van der Waals surface area contributed by atoms with Gasteiger partial charge in [-0.1, -0.05) is 0 Å². The lowest BCUT2D eigenvalue weighted by Crippen LogP contribution is -2.37. The molecular weight excluding hydrogens is 322 g/mol. The van der Waals surface area contributed by atoms with E-state index in [2.05, 4.69) is 11.9 Å². The SMILES string of the molecule is COc1cc(CN(C)C2CCC(OCC(O)CO)CC2)cc(OC)c1. The number of hydrogen-bond acceptors (Lipinski definition) is 6. The molecule has 1 fully saturated rings. The van der Waals surface area contributed by atoms with E-state index < -0.39 is 6.10 Å². The van der Waals surface area contributed by atoms with E-state index in [1.165, 1.54) is 5.56 Å². The second kappa shape index (κ2) is 9.97. The third kappa shape index (κ3) is 6.15. The zero-order valence-electron chi connectivity index (χ0n) is 15.5. The van der Waals surface area contributed by atoms with Gasteiger partial charge in [0.15, 0.2) is 0 Å². The fraction of sp³-hybridized carbons (Fsp3) is 0.684. The van der Waals surface area contributed by atoms with E-state index in [0.717, 1.165) is 43.7 Å². The van der Waals surface area contributed by atoms with Gasteiger partial charge in [-0.05, 0) is 50.4 Å². The average Bonchev–Trinajstić information content (AvgIpc) is 2.65. The lowest BCUT2D eigenvalue weighted by molar-refractivity contribution is -0.0468. The Labute approximate surface area is 150 Å². The minimum absolute atomic E-state index is 0.183. The average molecular weight is 353 g/mol. The molecule has 1 unspecified atom stereocenters. The van der Waals surface area contributed by atoms with Gasteiger partial charge < -0.3 is 24.4 Å². The molecular formula is C19H31NO5. The summed E-state index contributed by atoms with van der Waals surface area (Å²) in [5.74, 6) is 1.62. The predicted molar refractivity (Wildman–Crippen MR) is 96.1 cm³/mol. The van der Waals surface area contributed by atoms with Crippen molar-refractivity contribution in [1.82, 2.24) is 4.90 Å². The fourth-order valence-electron chi connectivity index (χ4n) is 3.33. The van der Waals surface area contributed by atoms with Crippen LogP contribution in [0.3, 0.4) is 0 Å². The van der Waals surface area contributed by atoms with Crippen molar-refractivity contribution in [3.05, 3.63) is 23.8 Å². The van der Waals surface area contributed by atoms with Gasteiger partial charge >= 0.3 is 0 Å². The quantitative estimate of drug-likeness (QED) is 0.706. The van der Waals surface area contributed by atoms with Crippen LogP contribution in [0.5, 0.6) is 11.5 Å². The largest absolute Gasteiger partial charge is 0.497 e. The van der Waals surface area contributed by atoms with Crippen LogP contribution >= 0.6 is 0 Å². The standard InChI is InChI=1S/C19H31NO5/c1-20(11-14-8-18(23-2)10-19(9-14)24-3)15-4-6-17(7-5-15)25-13-16(22)12-21/h8-10,15-17,21-22H,4-7,11-13H2,1-3H3. The molecule has 1 aromatic carbocycles. The summed E-state index contributed by atoms with van der Waals surface area (Å²) in [4.78, 5) is 2.37. The highest BCUT2D eigenvalue weighted by atomic mass is 16.5. The van der Waals surface area contributed by atoms with Gasteiger partial charge in [-0.2, -0.15) is 0 Å². The Hall–Kier alpha value is -1.34. The molecule has 1 aliphatic rings. The van der Waals surface area contributed by atoms with Crippen molar-refractivity contribution >= 4 is 0 Å². The highest BCUT2D eigenvalue weighted by Gasteiger charge is 2.25. The Morgan fingerprint density at radius 2 is 1.68 bits per heavy atom. The summed E-state index contributed by atoms with van der Waals surface area (Å²) in [6, 6.07) is 6.49. The fourth-order valence-corrected chi connectivity index (χ4v) is 3.33. The highest BCUT2D eigenvalue weighted by molar-refractivity contribution is 5.38. The highest BCUT2D eigenvalue weighted by Crippen LogP contribution is 2.28. The maximum atomic E-state index is 9.37. The summed E-state index contributed by atoms with van der Waals surface area (Å²) in [6.07, 6.45) is 3.50. The van der Waals surface area contributed by atoms with Crippen LogP contribution in [0.15, 0.2) is 18.2 Å². The molecule has 1 saturated carbocycles. The van der Waals surface area contributed by atoms with Gasteiger partial charge in [0.1, 0.15) is 17.6 Å². The smallest absolute Gasteiger partial charge is 0.122 e. The molecule has 0 radical (unpaired) electrons. The number of aliphatic hydroxyl groups excluding tert-OH is 2. The molecule has 0 amide bonds. The van der Waals surface area contributed by atoms with Gasteiger partial charge in [-0.25, -0.2) is 0 Å². The van der Waals surface area contributed by atoms with Gasteiger partial charge in [-0.3, -0.25) is 4.90 Å². The van der Waals surface area contributed by atoms with Gasteiger partial charge in [0.25, 0.3) is 0 Å². The number of nitrogens with zero attached hydrogens (tertiary/aromatic N) is 1. The lowest BCUT2D eigenvalue weighted by Gasteiger charge is -2.35. The molecule has 1 atom stereocenters. The summed E-state index contributed by atoms with van der Waals surface area (Å²) < 4.78 is 16.4. The van der Waals surface area contributed by atoms with E-state index in [1.807, 2.05) is 18.2 Å². The van der Waals surface area contributed by atoms with E-state index in [9.17, 15) is 5.11 Å². The van der Waals surface area contributed by atoms with Crippen molar-refractivity contribution in [2.24, 2.45) is 0 Å². The van der Waals surface area contributed by atoms with Crippen LogP contribution in [0.1, 0.15) is 31.2 Å². The van der Waals surface area contributed by atoms with Crippen molar-refractivity contribution < 1.29 is 24.4 Å². The van der Waals surface area contributed by atoms with Crippen molar-refractivity contribution in [2.45, 2.75) is 50.5 Å². The summed E-state index contributed by atoms with van der Waals surface area (Å²) in [7, 11) is 5.47. The van der Waals surface area contributed by atoms with Crippen LogP contribution in [0.2, 0.25) is 0 Å². The molecule has 2 N–H and O–H groups in total. The summed E-state index contributed by atoms with van der Waals surface area (Å²) in [5, 5.41) is 18.2. The minimum atomic E-state index is -0.775. The van der Waals surface area contributed by atoms with Crippen LogP contribution in [-0.2, 0) is 11.3 Å². The van der Waals surface area contributed by atoms with E-state index in [1.54, 1.807) is 14.2 Å². The number of methoxy groups -OCH3 is 2. The molecule has 0 spiro atoms. The third-order valence-electron chi connectivity index (χ3n) is 4.85. The summed E-state index contributed by atoms with van der Waals surface area (Å²) in [5.41, 5.74) is 1.17.